The minimum absolute atomic E-state index is 0.698. The second-order valence-corrected chi connectivity index (χ2v) is 2.09. The molecule has 0 unspecified atom stereocenters. The predicted molar refractivity (Wildman–Crippen MR) is 16.8 cm³/mol. The molecule has 0 nitrogen and oxygen atoms in total. The van der Waals surface area contributed by atoms with Crippen molar-refractivity contribution in [2.45, 2.75) is 11.0 Å². The fourth-order valence-electron chi connectivity index (χ4n) is 0. The van der Waals surface area contributed by atoms with Crippen molar-refractivity contribution in [3.05, 3.63) is 0 Å². The Labute approximate surface area is 49.9 Å². The third-order valence-electron chi connectivity index (χ3n) is 0.330. The molecule has 6 heteroatoms. The summed E-state index contributed by atoms with van der Waals surface area (Å²) < 4.78 is 54.4. The first-order valence-electron chi connectivity index (χ1n) is 1.40. The first kappa shape index (κ1) is 8.17. The summed E-state index contributed by atoms with van der Waals surface area (Å²) in [6.07, 6.45) is -5.45. The first-order valence-corrected chi connectivity index (χ1v) is 2.26. The van der Waals surface area contributed by atoms with Crippen molar-refractivity contribution in [1.29, 1.82) is 0 Å². The van der Waals surface area contributed by atoms with E-state index in [1.807, 2.05) is 0 Å². The molecule has 0 amide bonds. The quantitative estimate of drug-likeness (QED) is 0.406. The van der Waals surface area contributed by atoms with E-state index in [0.717, 1.165) is 0 Å². The van der Waals surface area contributed by atoms with Crippen LogP contribution in [-0.4, -0.2) is 27.0 Å². The van der Waals surface area contributed by atoms with E-state index >= 15 is 0 Å². The molecule has 0 aromatic heterocycles. The third-order valence-corrected chi connectivity index (χ3v) is 0.816. The molecule has 0 aliphatic heterocycles. The molecule has 0 fully saturated rings. The van der Waals surface area contributed by atoms with E-state index in [2.05, 4.69) is 0 Å². The van der Waals surface area contributed by atoms with E-state index < -0.39 is 11.0 Å². The average molecular weight is 198 g/mol. The summed E-state index contributed by atoms with van der Waals surface area (Å²) in [7, 11) is 0. The number of alkyl halides is 5. The Balaban J connectivity index is 4.02. The molecule has 0 atom stereocenters. The molecule has 0 aliphatic rings. The summed E-state index contributed by atoms with van der Waals surface area (Å²) in [5, 5.41) is 0. The van der Waals surface area contributed by atoms with E-state index in [0.29, 0.717) is 16.0 Å². The Bertz CT molecular complexity index is 65.4. The molecule has 0 aliphatic carbocycles. The standard InChI is InChI=1S/C2F5Se/c3-1(4,5)2(6,7)8. The van der Waals surface area contributed by atoms with Crippen molar-refractivity contribution in [1.82, 2.24) is 0 Å². The van der Waals surface area contributed by atoms with Gasteiger partial charge in [-0.2, -0.15) is 0 Å². The molecule has 1 radical (unpaired) electrons. The Kier molecular flexibility index (Phi) is 1.88. The van der Waals surface area contributed by atoms with Gasteiger partial charge in [0.05, 0.1) is 0 Å². The van der Waals surface area contributed by atoms with Gasteiger partial charge in [-0.15, -0.1) is 0 Å². The summed E-state index contributed by atoms with van der Waals surface area (Å²) in [5.41, 5.74) is 0. The number of rotatable bonds is 0. The minimum atomic E-state index is -5.45. The van der Waals surface area contributed by atoms with Crippen molar-refractivity contribution >= 4 is 16.0 Å². The molecule has 0 saturated carbocycles. The number of hydrogen-bond donors (Lipinski definition) is 0. The van der Waals surface area contributed by atoms with Gasteiger partial charge in [0.25, 0.3) is 0 Å². The van der Waals surface area contributed by atoms with Gasteiger partial charge in [0.15, 0.2) is 0 Å². The van der Waals surface area contributed by atoms with Gasteiger partial charge in [0.2, 0.25) is 0 Å². The van der Waals surface area contributed by atoms with Gasteiger partial charge in [-0.25, -0.2) is 0 Å². The van der Waals surface area contributed by atoms with E-state index in [4.69, 9.17) is 0 Å². The van der Waals surface area contributed by atoms with Crippen LogP contribution in [0.2, 0.25) is 0 Å². The van der Waals surface area contributed by atoms with Crippen LogP contribution in [0.4, 0.5) is 22.0 Å². The van der Waals surface area contributed by atoms with Gasteiger partial charge in [-0.1, -0.05) is 0 Å². The third kappa shape index (κ3) is 1.96. The molecule has 8 heavy (non-hydrogen) atoms. The molecule has 0 spiro atoms. The van der Waals surface area contributed by atoms with Crippen LogP contribution in [-0.2, 0) is 0 Å². The van der Waals surface area contributed by atoms with Crippen molar-refractivity contribution in [3.8, 4) is 0 Å². The summed E-state index contributed by atoms with van der Waals surface area (Å²) in [4.78, 5) is -4.69. The second kappa shape index (κ2) is 1.84. The van der Waals surface area contributed by atoms with E-state index in [9.17, 15) is 22.0 Å². The molecular formula is C2F5Se. The molecular weight excluding hydrogens is 198 g/mol. The SMILES string of the molecule is FC(F)(F)C(F)(F)[Se]. The maximum atomic E-state index is 11.0. The molecule has 0 bridgehead atoms. The van der Waals surface area contributed by atoms with Gasteiger partial charge in [0.1, 0.15) is 0 Å². The summed E-state index contributed by atoms with van der Waals surface area (Å²) in [5.74, 6) is 0. The van der Waals surface area contributed by atoms with Crippen molar-refractivity contribution in [2.24, 2.45) is 0 Å². The van der Waals surface area contributed by atoms with Gasteiger partial charge < -0.3 is 0 Å². The zero-order valence-corrected chi connectivity index (χ0v) is 5.01. The first-order chi connectivity index (χ1) is 3.25. The van der Waals surface area contributed by atoms with Crippen LogP contribution < -0.4 is 0 Å². The maximum absolute atomic E-state index is 11.0. The molecule has 0 saturated heterocycles. The predicted octanol–water partition coefficient (Wildman–Crippen LogP) is 1.31. The second-order valence-electron chi connectivity index (χ2n) is 1.01. The average Bonchev–Trinajstić information content (AvgIpc) is 1.25. The van der Waals surface area contributed by atoms with Crippen LogP contribution in [0.5, 0.6) is 0 Å². The molecule has 0 N–H and O–H groups in total. The van der Waals surface area contributed by atoms with Crippen molar-refractivity contribution in [3.63, 3.8) is 0 Å². The van der Waals surface area contributed by atoms with Crippen molar-refractivity contribution < 1.29 is 22.0 Å². The fraction of sp³-hybridized carbons (Fsp3) is 1.00. The van der Waals surface area contributed by atoms with Gasteiger partial charge in [-0.05, 0) is 0 Å². The molecule has 0 aromatic rings. The van der Waals surface area contributed by atoms with Crippen LogP contribution in [0.25, 0.3) is 0 Å². The van der Waals surface area contributed by atoms with Gasteiger partial charge in [0, 0.05) is 0 Å². The summed E-state index contributed by atoms with van der Waals surface area (Å²) in [6.45, 7) is 0. The fourth-order valence-corrected chi connectivity index (χ4v) is 0. The summed E-state index contributed by atoms with van der Waals surface area (Å²) >= 11 is 0.698. The zero-order chi connectivity index (χ0) is 7.00. The molecule has 0 rings (SSSR count). The van der Waals surface area contributed by atoms with E-state index in [-0.39, 0.29) is 0 Å². The topological polar surface area (TPSA) is 0 Å². The number of halogens is 5. The van der Waals surface area contributed by atoms with Crippen LogP contribution >= 0.6 is 0 Å². The monoisotopic (exact) mass is 199 g/mol. The van der Waals surface area contributed by atoms with Crippen molar-refractivity contribution in [2.75, 3.05) is 0 Å². The molecule has 0 aromatic carbocycles. The van der Waals surface area contributed by atoms with Gasteiger partial charge in [-0.3, -0.25) is 0 Å². The molecule has 0 heterocycles. The van der Waals surface area contributed by atoms with Crippen LogP contribution in [0.15, 0.2) is 0 Å². The number of hydrogen-bond acceptors (Lipinski definition) is 0. The molecule has 49 valence electrons. The van der Waals surface area contributed by atoms with E-state index in [1.54, 1.807) is 0 Å². The van der Waals surface area contributed by atoms with Crippen LogP contribution in [0, 0.1) is 0 Å². The summed E-state index contributed by atoms with van der Waals surface area (Å²) in [6, 6.07) is 0. The van der Waals surface area contributed by atoms with Crippen LogP contribution in [0.1, 0.15) is 0 Å². The van der Waals surface area contributed by atoms with Crippen LogP contribution in [0.3, 0.4) is 0 Å². The Morgan fingerprint density at radius 2 is 1.00 bits per heavy atom. The normalized spacial score (nSPS) is 14.2. The Morgan fingerprint density at radius 3 is 1.00 bits per heavy atom. The zero-order valence-electron chi connectivity index (χ0n) is 3.30. The van der Waals surface area contributed by atoms with Gasteiger partial charge >= 0.3 is 49.0 Å². The van der Waals surface area contributed by atoms with E-state index in [1.165, 1.54) is 0 Å². The Hall–Kier alpha value is 0.169. The Morgan fingerprint density at radius 1 is 0.875 bits per heavy atom.